The van der Waals surface area contributed by atoms with Gasteiger partial charge in [-0.3, -0.25) is 9.69 Å². The van der Waals surface area contributed by atoms with Crippen molar-refractivity contribution < 1.29 is 9.53 Å². The average molecular weight is 300 g/mol. The summed E-state index contributed by atoms with van der Waals surface area (Å²) in [7, 11) is 0. The number of amides is 1. The number of ether oxygens (including phenoxy) is 1. The van der Waals surface area contributed by atoms with Gasteiger partial charge in [-0.2, -0.15) is 0 Å². The lowest BCUT2D eigenvalue weighted by molar-refractivity contribution is -0.117. The molecule has 118 valence electrons. The number of nitrogens with zero attached hydrogens (tertiary/aromatic N) is 1. The molecule has 4 nitrogen and oxygen atoms in total. The van der Waals surface area contributed by atoms with Gasteiger partial charge < -0.3 is 10.1 Å². The van der Waals surface area contributed by atoms with Crippen LogP contribution < -0.4 is 10.1 Å². The molecule has 0 atom stereocenters. The van der Waals surface area contributed by atoms with E-state index in [-0.39, 0.29) is 12.5 Å². The van der Waals surface area contributed by atoms with Gasteiger partial charge in [-0.05, 0) is 24.6 Å². The molecule has 0 aliphatic heterocycles. The number of benzene rings is 1. The van der Waals surface area contributed by atoms with Crippen molar-refractivity contribution in [1.29, 1.82) is 0 Å². The third kappa shape index (κ3) is 6.41. The van der Waals surface area contributed by atoms with Crippen LogP contribution in [0.2, 0.25) is 0 Å². The normalized spacial score (nSPS) is 10.1. The lowest BCUT2D eigenvalue weighted by atomic mass is 10.3. The zero-order valence-corrected chi connectivity index (χ0v) is 13.2. The highest BCUT2D eigenvalue weighted by atomic mass is 16.5. The van der Waals surface area contributed by atoms with E-state index < -0.39 is 0 Å². The quantitative estimate of drug-likeness (QED) is 0.674. The Labute approximate surface area is 132 Å². The molecule has 0 aromatic heterocycles. The van der Waals surface area contributed by atoms with Gasteiger partial charge in [0.2, 0.25) is 5.91 Å². The summed E-state index contributed by atoms with van der Waals surface area (Å²) in [5.74, 6) is 0.535. The molecule has 1 amide bonds. The minimum absolute atomic E-state index is 0.102. The summed E-state index contributed by atoms with van der Waals surface area (Å²) in [6.07, 6.45) is 3.53. The fourth-order valence-electron chi connectivity index (χ4n) is 1.86. The number of hydrogen-bond donors (Lipinski definition) is 1. The van der Waals surface area contributed by atoms with Gasteiger partial charge in [-0.25, -0.2) is 0 Å². The van der Waals surface area contributed by atoms with Crippen molar-refractivity contribution in [1.82, 2.24) is 4.90 Å². The predicted octanol–water partition coefficient (Wildman–Crippen LogP) is 3.25. The van der Waals surface area contributed by atoms with Gasteiger partial charge in [0.05, 0.1) is 12.2 Å². The molecule has 1 rings (SSSR count). The Kier molecular flexibility index (Phi) is 7.72. The monoisotopic (exact) mass is 300 g/mol. The highest BCUT2D eigenvalue weighted by Crippen LogP contribution is 2.24. The van der Waals surface area contributed by atoms with E-state index in [0.29, 0.717) is 31.1 Å². The summed E-state index contributed by atoms with van der Waals surface area (Å²) < 4.78 is 5.64. The fraction of sp³-hybridized carbons (Fsp3) is 0.278. The molecule has 0 radical (unpaired) electrons. The molecule has 22 heavy (non-hydrogen) atoms. The van der Waals surface area contributed by atoms with E-state index in [2.05, 4.69) is 25.1 Å². The molecule has 0 aliphatic rings. The van der Waals surface area contributed by atoms with Crippen molar-refractivity contribution in [3.8, 4) is 5.75 Å². The zero-order valence-electron chi connectivity index (χ0n) is 13.2. The first-order valence-corrected chi connectivity index (χ1v) is 7.17. The Morgan fingerprint density at radius 1 is 1.27 bits per heavy atom. The molecule has 0 saturated heterocycles. The van der Waals surface area contributed by atoms with Crippen molar-refractivity contribution in [3.63, 3.8) is 0 Å². The Morgan fingerprint density at radius 2 is 1.91 bits per heavy atom. The van der Waals surface area contributed by atoms with Gasteiger partial charge in [0.25, 0.3) is 0 Å². The summed E-state index contributed by atoms with van der Waals surface area (Å²) in [4.78, 5) is 14.1. The highest BCUT2D eigenvalue weighted by Gasteiger charge is 2.11. The van der Waals surface area contributed by atoms with E-state index in [1.165, 1.54) is 0 Å². The van der Waals surface area contributed by atoms with Crippen LogP contribution in [0, 0.1) is 0 Å². The number of rotatable bonds is 10. The SMILES string of the molecule is C=CCN(CC=C)CC(=O)Nc1ccccc1OCC(=C)C. The summed E-state index contributed by atoms with van der Waals surface area (Å²) in [5.41, 5.74) is 1.58. The van der Waals surface area contributed by atoms with E-state index in [9.17, 15) is 4.79 Å². The lowest BCUT2D eigenvalue weighted by Crippen LogP contribution is -2.33. The maximum absolute atomic E-state index is 12.2. The second kappa shape index (κ2) is 9.58. The first kappa shape index (κ1) is 17.7. The molecular weight excluding hydrogens is 276 g/mol. The molecule has 0 spiro atoms. The van der Waals surface area contributed by atoms with Crippen LogP contribution in [-0.4, -0.2) is 37.0 Å². The number of hydrogen-bond acceptors (Lipinski definition) is 3. The maximum atomic E-state index is 12.2. The third-order valence-electron chi connectivity index (χ3n) is 2.78. The van der Waals surface area contributed by atoms with Crippen LogP contribution in [0.15, 0.2) is 61.7 Å². The molecular formula is C18H24N2O2. The highest BCUT2D eigenvalue weighted by molar-refractivity contribution is 5.93. The predicted molar refractivity (Wildman–Crippen MR) is 92.2 cm³/mol. The summed E-state index contributed by atoms with van der Waals surface area (Å²) in [6.45, 7) is 15.0. The van der Waals surface area contributed by atoms with Crippen LogP contribution >= 0.6 is 0 Å². The maximum Gasteiger partial charge on any atom is 0.238 e. The smallest absolute Gasteiger partial charge is 0.238 e. The Balaban J connectivity index is 2.68. The van der Waals surface area contributed by atoms with Gasteiger partial charge in [0.15, 0.2) is 0 Å². The number of carbonyl (C=O) groups excluding carboxylic acids is 1. The number of anilines is 1. The van der Waals surface area contributed by atoms with Crippen LogP contribution in [0.4, 0.5) is 5.69 Å². The van der Waals surface area contributed by atoms with Gasteiger partial charge in [-0.15, -0.1) is 13.2 Å². The van der Waals surface area contributed by atoms with Crippen molar-refractivity contribution in [2.75, 3.05) is 31.6 Å². The average Bonchev–Trinajstić information content (AvgIpc) is 2.46. The number of para-hydroxylation sites is 2. The van der Waals surface area contributed by atoms with Crippen LogP contribution in [-0.2, 0) is 4.79 Å². The fourth-order valence-corrected chi connectivity index (χ4v) is 1.86. The van der Waals surface area contributed by atoms with E-state index in [1.807, 2.05) is 36.1 Å². The van der Waals surface area contributed by atoms with E-state index >= 15 is 0 Å². The van der Waals surface area contributed by atoms with E-state index in [4.69, 9.17) is 4.74 Å². The first-order chi connectivity index (χ1) is 10.6. The Bertz CT molecular complexity index is 528. The van der Waals surface area contributed by atoms with Crippen LogP contribution in [0.3, 0.4) is 0 Å². The molecule has 1 N–H and O–H groups in total. The lowest BCUT2D eigenvalue weighted by Gasteiger charge is -2.19. The molecule has 0 saturated carbocycles. The van der Waals surface area contributed by atoms with Crippen LogP contribution in [0.25, 0.3) is 0 Å². The molecule has 0 unspecified atom stereocenters. The largest absolute Gasteiger partial charge is 0.487 e. The number of nitrogens with one attached hydrogen (secondary N) is 1. The standard InChI is InChI=1S/C18H24N2O2/c1-5-11-20(12-6-2)13-18(21)19-16-9-7-8-10-17(16)22-14-15(3)4/h5-10H,1-3,11-14H2,4H3,(H,19,21). The van der Waals surface area contributed by atoms with Gasteiger partial charge in [0, 0.05) is 13.1 Å². The first-order valence-electron chi connectivity index (χ1n) is 7.17. The molecule has 0 bridgehead atoms. The van der Waals surface area contributed by atoms with Crippen molar-refractivity contribution >= 4 is 11.6 Å². The van der Waals surface area contributed by atoms with Crippen molar-refractivity contribution in [3.05, 3.63) is 61.7 Å². The minimum Gasteiger partial charge on any atom is -0.487 e. The van der Waals surface area contributed by atoms with E-state index in [0.717, 1.165) is 5.57 Å². The summed E-state index contributed by atoms with van der Waals surface area (Å²) >= 11 is 0. The topological polar surface area (TPSA) is 41.6 Å². The summed E-state index contributed by atoms with van der Waals surface area (Å²) in [5, 5.41) is 2.88. The molecule has 1 aromatic rings. The van der Waals surface area contributed by atoms with Gasteiger partial charge in [-0.1, -0.05) is 30.9 Å². The molecule has 4 heteroatoms. The third-order valence-corrected chi connectivity index (χ3v) is 2.78. The molecule has 0 aliphatic carbocycles. The van der Waals surface area contributed by atoms with Gasteiger partial charge in [0.1, 0.15) is 12.4 Å². The Morgan fingerprint density at radius 3 is 2.50 bits per heavy atom. The second-order valence-electron chi connectivity index (χ2n) is 5.06. The Hall–Kier alpha value is -2.33. The van der Waals surface area contributed by atoms with Crippen molar-refractivity contribution in [2.45, 2.75) is 6.92 Å². The number of carbonyl (C=O) groups is 1. The zero-order chi connectivity index (χ0) is 16.4. The van der Waals surface area contributed by atoms with Crippen LogP contribution in [0.5, 0.6) is 5.75 Å². The summed E-state index contributed by atoms with van der Waals surface area (Å²) in [6, 6.07) is 7.36. The second-order valence-corrected chi connectivity index (χ2v) is 5.06. The van der Waals surface area contributed by atoms with E-state index in [1.54, 1.807) is 12.2 Å². The van der Waals surface area contributed by atoms with Crippen LogP contribution in [0.1, 0.15) is 6.92 Å². The molecule has 0 fully saturated rings. The van der Waals surface area contributed by atoms with Crippen molar-refractivity contribution in [2.24, 2.45) is 0 Å². The minimum atomic E-state index is -0.102. The molecule has 0 heterocycles. The van der Waals surface area contributed by atoms with Gasteiger partial charge >= 0.3 is 0 Å². The molecule has 1 aromatic carbocycles.